The topological polar surface area (TPSA) is 86.6 Å². The lowest BCUT2D eigenvalue weighted by Crippen LogP contribution is -2.28. The zero-order valence-electron chi connectivity index (χ0n) is 18.7. The molecule has 0 atom stereocenters. The lowest BCUT2D eigenvalue weighted by Gasteiger charge is -2.13. The van der Waals surface area contributed by atoms with Gasteiger partial charge in [0.1, 0.15) is 0 Å². The first-order valence-corrected chi connectivity index (χ1v) is 11.1. The molecule has 0 spiro atoms. The van der Waals surface area contributed by atoms with Gasteiger partial charge in [-0.2, -0.15) is 0 Å². The van der Waals surface area contributed by atoms with Crippen molar-refractivity contribution < 1.29 is 23.9 Å². The van der Waals surface area contributed by atoms with Crippen LogP contribution in [-0.2, 0) is 14.3 Å². The number of aromatic nitrogens is 1. The maximum atomic E-state index is 12.7. The minimum absolute atomic E-state index is 0.152. The number of esters is 1. The number of hydrogen-bond donors (Lipinski definition) is 1. The summed E-state index contributed by atoms with van der Waals surface area (Å²) in [5.41, 5.74) is 2.75. The Morgan fingerprint density at radius 2 is 1.84 bits per heavy atom. The van der Waals surface area contributed by atoms with E-state index in [1.807, 2.05) is 19.9 Å². The summed E-state index contributed by atoms with van der Waals surface area (Å²) < 4.78 is 12.3. The highest BCUT2D eigenvalue weighted by Gasteiger charge is 2.20. The van der Waals surface area contributed by atoms with Gasteiger partial charge in [-0.1, -0.05) is 12.1 Å². The van der Waals surface area contributed by atoms with Crippen LogP contribution >= 0.6 is 11.8 Å². The van der Waals surface area contributed by atoms with E-state index >= 15 is 0 Å². The monoisotopic (exact) mass is 446 g/mol. The maximum Gasteiger partial charge on any atom is 0.339 e. The van der Waals surface area contributed by atoms with E-state index in [2.05, 4.69) is 23.7 Å². The third-order valence-corrected chi connectivity index (χ3v) is 5.80. The van der Waals surface area contributed by atoms with Crippen LogP contribution in [0.4, 0.5) is 0 Å². The van der Waals surface area contributed by atoms with E-state index in [-0.39, 0.29) is 30.1 Å². The fraction of sp³-hybridized carbons (Fsp3) is 0.435. The van der Waals surface area contributed by atoms with Gasteiger partial charge < -0.3 is 19.4 Å². The van der Waals surface area contributed by atoms with Crippen molar-refractivity contribution in [2.24, 2.45) is 0 Å². The number of ether oxygens (including phenoxy) is 2. The Balaban J connectivity index is 1.99. The average molecular weight is 447 g/mol. The van der Waals surface area contributed by atoms with Crippen LogP contribution in [0.1, 0.15) is 52.0 Å². The summed E-state index contributed by atoms with van der Waals surface area (Å²) in [6.45, 7) is 8.49. The van der Waals surface area contributed by atoms with Gasteiger partial charge in [-0.05, 0) is 45.9 Å². The molecule has 0 unspecified atom stereocenters. The second kappa shape index (κ2) is 11.7. The van der Waals surface area contributed by atoms with Crippen molar-refractivity contribution >= 4 is 29.4 Å². The summed E-state index contributed by atoms with van der Waals surface area (Å²) in [4.78, 5) is 37.8. The first kappa shape index (κ1) is 24.7. The fourth-order valence-electron chi connectivity index (χ4n) is 3.39. The van der Waals surface area contributed by atoms with Crippen LogP contribution < -0.4 is 5.32 Å². The molecule has 1 aromatic heterocycles. The van der Waals surface area contributed by atoms with Gasteiger partial charge in [0.15, 0.2) is 6.61 Å². The molecule has 1 heterocycles. The Bertz CT molecular complexity index is 936. The maximum absolute atomic E-state index is 12.7. The van der Waals surface area contributed by atoms with Gasteiger partial charge in [0.05, 0.1) is 17.9 Å². The molecule has 168 valence electrons. The van der Waals surface area contributed by atoms with Crippen molar-refractivity contribution in [3.8, 4) is 0 Å². The van der Waals surface area contributed by atoms with Crippen LogP contribution in [0.25, 0.3) is 0 Å². The van der Waals surface area contributed by atoms with Crippen molar-refractivity contribution in [3.05, 3.63) is 52.8 Å². The lowest BCUT2D eigenvalue weighted by atomic mass is 10.1. The van der Waals surface area contributed by atoms with Gasteiger partial charge in [0, 0.05) is 41.5 Å². The molecule has 0 bridgehead atoms. The third-order valence-electron chi connectivity index (χ3n) is 4.73. The molecular formula is C23H30N2O5S. The number of aryl methyl sites for hydroxylation is 1. The number of thioether (sulfide) groups is 1. The Labute approximate surface area is 187 Å². The van der Waals surface area contributed by atoms with Crippen molar-refractivity contribution in [3.63, 3.8) is 0 Å². The highest BCUT2D eigenvalue weighted by atomic mass is 32.2. The molecule has 1 amide bonds. The van der Waals surface area contributed by atoms with E-state index in [0.717, 1.165) is 11.4 Å². The average Bonchev–Trinajstić information content (AvgIpc) is 3.04. The summed E-state index contributed by atoms with van der Waals surface area (Å²) in [5, 5.41) is 2.73. The van der Waals surface area contributed by atoms with Crippen LogP contribution in [0.15, 0.2) is 35.2 Å². The molecule has 7 nitrogen and oxygen atoms in total. The van der Waals surface area contributed by atoms with Gasteiger partial charge in [-0.25, -0.2) is 4.79 Å². The molecule has 0 radical (unpaired) electrons. The number of Topliss-reactive ketones (excluding diaryl/α,β-unsaturated/α-hetero) is 1. The molecule has 0 aliphatic carbocycles. The SMILES string of the molecule is COCCNC(=O)CSc1ccccc1C(=O)OCC(=O)c1cc(C)n(C(C)C)c1C. The molecule has 1 aromatic carbocycles. The summed E-state index contributed by atoms with van der Waals surface area (Å²) in [5.74, 6) is -0.820. The number of carbonyl (C=O) groups is 3. The third kappa shape index (κ3) is 6.70. The van der Waals surface area contributed by atoms with E-state index in [1.165, 1.54) is 11.8 Å². The lowest BCUT2D eigenvalue weighted by molar-refractivity contribution is -0.118. The van der Waals surface area contributed by atoms with Gasteiger partial charge in [0.2, 0.25) is 11.7 Å². The molecule has 0 fully saturated rings. The number of hydrogen-bond acceptors (Lipinski definition) is 6. The standard InChI is InChI=1S/C23H30N2O5S/c1-15(2)25-16(3)12-19(17(25)4)20(26)13-30-23(28)18-8-6-7-9-21(18)31-14-22(27)24-10-11-29-5/h6-9,12,15H,10-11,13-14H2,1-5H3,(H,24,27). The number of methoxy groups -OCH3 is 1. The van der Waals surface area contributed by atoms with E-state index in [1.54, 1.807) is 31.4 Å². The zero-order chi connectivity index (χ0) is 23.0. The molecule has 1 N–H and O–H groups in total. The highest BCUT2D eigenvalue weighted by Crippen LogP contribution is 2.24. The molecular weight excluding hydrogens is 416 g/mol. The van der Waals surface area contributed by atoms with Crippen LogP contribution in [0, 0.1) is 13.8 Å². The molecule has 0 aliphatic heterocycles. The highest BCUT2D eigenvalue weighted by molar-refractivity contribution is 8.00. The Morgan fingerprint density at radius 1 is 1.13 bits per heavy atom. The summed E-state index contributed by atoms with van der Waals surface area (Å²) in [6.07, 6.45) is 0. The Morgan fingerprint density at radius 3 is 2.48 bits per heavy atom. The number of nitrogens with zero attached hydrogens (tertiary/aromatic N) is 1. The fourth-order valence-corrected chi connectivity index (χ4v) is 4.26. The second-order valence-electron chi connectivity index (χ2n) is 7.38. The van der Waals surface area contributed by atoms with E-state index in [9.17, 15) is 14.4 Å². The quantitative estimate of drug-likeness (QED) is 0.246. The minimum atomic E-state index is -0.589. The number of amides is 1. The largest absolute Gasteiger partial charge is 0.454 e. The van der Waals surface area contributed by atoms with E-state index < -0.39 is 5.97 Å². The predicted octanol–water partition coefficient (Wildman–Crippen LogP) is 3.58. The smallest absolute Gasteiger partial charge is 0.339 e. The second-order valence-corrected chi connectivity index (χ2v) is 8.39. The molecule has 0 aliphatic rings. The number of ketones is 1. The number of carbonyl (C=O) groups excluding carboxylic acids is 3. The van der Waals surface area contributed by atoms with Crippen molar-refractivity contribution in [1.82, 2.24) is 9.88 Å². The number of rotatable bonds is 11. The van der Waals surface area contributed by atoms with Crippen molar-refractivity contribution in [2.45, 2.75) is 38.6 Å². The predicted molar refractivity (Wildman–Crippen MR) is 121 cm³/mol. The molecule has 8 heteroatoms. The van der Waals surface area contributed by atoms with Crippen molar-refractivity contribution in [2.75, 3.05) is 32.6 Å². The van der Waals surface area contributed by atoms with Crippen molar-refractivity contribution in [1.29, 1.82) is 0 Å². The summed E-state index contributed by atoms with van der Waals surface area (Å²) >= 11 is 1.24. The molecule has 31 heavy (non-hydrogen) atoms. The minimum Gasteiger partial charge on any atom is -0.454 e. The summed E-state index contributed by atoms with van der Waals surface area (Å²) in [7, 11) is 1.57. The number of nitrogens with one attached hydrogen (secondary N) is 1. The van der Waals surface area contributed by atoms with Crippen LogP contribution in [0.5, 0.6) is 0 Å². The Kier molecular flexibility index (Phi) is 9.33. The normalized spacial score (nSPS) is 10.9. The van der Waals surface area contributed by atoms with Gasteiger partial charge in [-0.3, -0.25) is 9.59 Å². The zero-order valence-corrected chi connectivity index (χ0v) is 19.5. The first-order chi connectivity index (χ1) is 14.8. The molecule has 2 rings (SSSR count). The summed E-state index contributed by atoms with van der Waals surface area (Å²) in [6, 6.07) is 8.95. The van der Waals surface area contributed by atoms with Crippen LogP contribution in [0.2, 0.25) is 0 Å². The molecule has 0 saturated heterocycles. The van der Waals surface area contributed by atoms with Crippen LogP contribution in [0.3, 0.4) is 0 Å². The van der Waals surface area contributed by atoms with E-state index in [0.29, 0.717) is 29.2 Å². The number of benzene rings is 1. The molecule has 0 saturated carbocycles. The van der Waals surface area contributed by atoms with Gasteiger partial charge in [0.25, 0.3) is 0 Å². The van der Waals surface area contributed by atoms with Gasteiger partial charge >= 0.3 is 5.97 Å². The van der Waals surface area contributed by atoms with E-state index in [4.69, 9.17) is 9.47 Å². The van der Waals surface area contributed by atoms with Crippen LogP contribution in [-0.4, -0.2) is 54.8 Å². The molecule has 2 aromatic rings. The van der Waals surface area contributed by atoms with Gasteiger partial charge in [-0.15, -0.1) is 11.8 Å². The first-order valence-electron chi connectivity index (χ1n) is 10.1. The Hall–Kier alpha value is -2.58.